The third kappa shape index (κ3) is 4.07. The lowest BCUT2D eigenvalue weighted by molar-refractivity contribution is 0.107. The normalized spacial score (nSPS) is 15.6. The van der Waals surface area contributed by atoms with Gasteiger partial charge in [0.25, 0.3) is 0 Å². The van der Waals surface area contributed by atoms with Crippen molar-refractivity contribution in [2.45, 2.75) is 38.5 Å². The second-order valence-electron chi connectivity index (χ2n) is 5.74. The van der Waals surface area contributed by atoms with Crippen molar-refractivity contribution >= 4 is 13.3 Å². The van der Waals surface area contributed by atoms with Crippen molar-refractivity contribution in [2.75, 3.05) is 20.4 Å². The number of ether oxygens (including phenoxy) is 2. The maximum atomic E-state index is 12.5. The molecule has 120 valence electrons. The summed E-state index contributed by atoms with van der Waals surface area (Å²) in [6, 6.07) is 5.14. The first-order chi connectivity index (χ1) is 10.7. The highest BCUT2D eigenvalue weighted by Gasteiger charge is 2.35. The van der Waals surface area contributed by atoms with Crippen LogP contribution < -0.4 is 9.47 Å². The molecule has 0 spiro atoms. The summed E-state index contributed by atoms with van der Waals surface area (Å²) < 4.78 is 22.8. The lowest BCUT2D eigenvalue weighted by atomic mass is 10.0. The molecule has 1 unspecified atom stereocenters. The molecule has 1 aromatic carbocycles. The van der Waals surface area contributed by atoms with Crippen LogP contribution in [0, 0.1) is 5.92 Å². The fourth-order valence-corrected chi connectivity index (χ4v) is 4.25. The maximum Gasteiger partial charge on any atom is 0.420 e. The Hall–Kier alpha value is -1.41. The van der Waals surface area contributed by atoms with Crippen LogP contribution in [0.4, 0.5) is 0 Å². The van der Waals surface area contributed by atoms with E-state index in [-0.39, 0.29) is 5.52 Å². The molecule has 5 heteroatoms. The summed E-state index contributed by atoms with van der Waals surface area (Å²) in [5.74, 6) is 1.60. The van der Waals surface area contributed by atoms with Gasteiger partial charge in [-0.25, -0.2) is 4.79 Å². The van der Waals surface area contributed by atoms with Crippen LogP contribution in [0.2, 0.25) is 0 Å². The topological polar surface area (TPSA) is 52.6 Å². The number of benzene rings is 1. The van der Waals surface area contributed by atoms with E-state index in [1.54, 1.807) is 18.2 Å². The van der Waals surface area contributed by atoms with Gasteiger partial charge in [0, 0.05) is 0 Å². The number of methoxy groups -OCH3 is 2. The van der Waals surface area contributed by atoms with Crippen LogP contribution in [-0.4, -0.2) is 25.9 Å². The molecule has 0 heterocycles. The molecule has 0 aliphatic heterocycles. The number of hydrogen-bond acceptors (Lipinski definition) is 4. The minimum absolute atomic E-state index is 0.300. The predicted molar refractivity (Wildman–Crippen MR) is 87.5 cm³/mol. The van der Waals surface area contributed by atoms with E-state index in [1.807, 2.05) is 0 Å². The molecule has 2 rings (SSSR count). The standard InChI is InChI=1S/C17H24O4P/c1-20-14-10-5-11-15(21-2)16(14)17(18)22(19)12-6-9-13-7-3-4-8-13/h5,10-11,13H,3-4,6-9,12H2,1-2H3/q+1. The summed E-state index contributed by atoms with van der Waals surface area (Å²) in [4.78, 5) is 12.5. The van der Waals surface area contributed by atoms with Crippen molar-refractivity contribution in [1.29, 1.82) is 0 Å². The van der Waals surface area contributed by atoms with E-state index in [9.17, 15) is 9.36 Å². The number of carbonyl (C=O) groups is 1. The van der Waals surface area contributed by atoms with Gasteiger partial charge in [0.15, 0.2) is 11.7 Å². The molecule has 4 nitrogen and oxygen atoms in total. The predicted octanol–water partition coefficient (Wildman–Crippen LogP) is 4.64. The van der Waals surface area contributed by atoms with Crippen molar-refractivity contribution in [3.05, 3.63) is 23.8 Å². The fourth-order valence-electron chi connectivity index (χ4n) is 3.11. The molecule has 0 saturated heterocycles. The quantitative estimate of drug-likeness (QED) is 0.654. The van der Waals surface area contributed by atoms with Crippen LogP contribution in [-0.2, 0) is 4.57 Å². The molecule has 1 fully saturated rings. The summed E-state index contributed by atoms with van der Waals surface area (Å²) in [5, 5.41) is 0. The summed E-state index contributed by atoms with van der Waals surface area (Å²) in [6.07, 6.45) is 7.57. The van der Waals surface area contributed by atoms with E-state index in [0.29, 0.717) is 23.2 Å². The van der Waals surface area contributed by atoms with Gasteiger partial charge in [-0.05, 0) is 30.9 Å². The Morgan fingerprint density at radius 3 is 2.32 bits per heavy atom. The summed E-state index contributed by atoms with van der Waals surface area (Å²) in [6.45, 7) is 0. The summed E-state index contributed by atoms with van der Waals surface area (Å²) >= 11 is 0. The minimum atomic E-state index is -1.93. The van der Waals surface area contributed by atoms with Gasteiger partial charge in [-0.3, -0.25) is 0 Å². The largest absolute Gasteiger partial charge is 0.496 e. The second kappa shape index (κ2) is 8.28. The zero-order valence-corrected chi connectivity index (χ0v) is 14.2. The average Bonchev–Trinajstić information content (AvgIpc) is 3.06. The summed E-state index contributed by atoms with van der Waals surface area (Å²) in [7, 11) is 1.07. The van der Waals surface area contributed by atoms with Crippen LogP contribution in [0.25, 0.3) is 0 Å². The van der Waals surface area contributed by atoms with E-state index in [1.165, 1.54) is 39.9 Å². The highest BCUT2D eigenvalue weighted by molar-refractivity contribution is 7.64. The fraction of sp³-hybridized carbons (Fsp3) is 0.588. The molecule has 0 aromatic heterocycles. The molecule has 22 heavy (non-hydrogen) atoms. The number of rotatable bonds is 8. The monoisotopic (exact) mass is 323 g/mol. The van der Waals surface area contributed by atoms with Crippen molar-refractivity contribution in [3.63, 3.8) is 0 Å². The van der Waals surface area contributed by atoms with Gasteiger partial charge in [0.05, 0.1) is 14.2 Å². The second-order valence-corrected chi connectivity index (χ2v) is 7.35. The first-order valence-corrected chi connectivity index (χ1v) is 9.31. The highest BCUT2D eigenvalue weighted by Crippen LogP contribution is 2.38. The molecule has 1 atom stereocenters. The number of carbonyl (C=O) groups excluding carboxylic acids is 1. The lowest BCUT2D eigenvalue weighted by Gasteiger charge is -2.08. The Kier molecular flexibility index (Phi) is 6.38. The van der Waals surface area contributed by atoms with E-state index in [2.05, 4.69) is 0 Å². The van der Waals surface area contributed by atoms with Crippen molar-refractivity contribution < 1.29 is 18.8 Å². The Labute approximate surface area is 133 Å². The molecule has 0 radical (unpaired) electrons. The van der Waals surface area contributed by atoms with Crippen LogP contribution in [0.15, 0.2) is 18.2 Å². The van der Waals surface area contributed by atoms with Gasteiger partial charge in [-0.1, -0.05) is 36.3 Å². The third-order valence-corrected chi connectivity index (χ3v) is 5.72. The van der Waals surface area contributed by atoms with Crippen molar-refractivity contribution in [3.8, 4) is 11.5 Å². The van der Waals surface area contributed by atoms with Crippen LogP contribution in [0.1, 0.15) is 48.9 Å². The molecular formula is C17H24O4P+. The van der Waals surface area contributed by atoms with E-state index in [4.69, 9.17) is 9.47 Å². The maximum absolute atomic E-state index is 12.5. The van der Waals surface area contributed by atoms with E-state index >= 15 is 0 Å². The molecule has 0 bridgehead atoms. The highest BCUT2D eigenvalue weighted by atomic mass is 31.1. The van der Waals surface area contributed by atoms with Crippen LogP contribution in [0.3, 0.4) is 0 Å². The van der Waals surface area contributed by atoms with Gasteiger partial charge in [-0.15, -0.1) is 0 Å². The number of hydrogen-bond donors (Lipinski definition) is 0. The Morgan fingerprint density at radius 1 is 1.18 bits per heavy atom. The van der Waals surface area contributed by atoms with Crippen LogP contribution in [0.5, 0.6) is 11.5 Å². The molecule has 0 amide bonds. The van der Waals surface area contributed by atoms with Crippen LogP contribution >= 0.6 is 7.80 Å². The smallest absolute Gasteiger partial charge is 0.420 e. The van der Waals surface area contributed by atoms with Gasteiger partial charge in [0.2, 0.25) is 0 Å². The first kappa shape index (κ1) is 17.0. The third-order valence-electron chi connectivity index (χ3n) is 4.32. The van der Waals surface area contributed by atoms with Gasteiger partial charge < -0.3 is 9.47 Å². The van der Waals surface area contributed by atoms with E-state index in [0.717, 1.165) is 18.8 Å². The SMILES string of the molecule is COc1cccc(OC)c1C(=O)[P+](=O)CCCC1CCCC1. The molecule has 1 aliphatic carbocycles. The van der Waals surface area contributed by atoms with E-state index < -0.39 is 7.80 Å². The molecule has 1 saturated carbocycles. The Balaban J connectivity index is 1.99. The molecule has 1 aliphatic rings. The van der Waals surface area contributed by atoms with Gasteiger partial charge in [-0.2, -0.15) is 0 Å². The van der Waals surface area contributed by atoms with Crippen molar-refractivity contribution in [2.24, 2.45) is 5.92 Å². The van der Waals surface area contributed by atoms with Gasteiger partial charge in [0.1, 0.15) is 11.5 Å². The minimum Gasteiger partial charge on any atom is -0.496 e. The lowest BCUT2D eigenvalue weighted by Crippen LogP contribution is -2.03. The molecular weight excluding hydrogens is 299 g/mol. The summed E-state index contributed by atoms with van der Waals surface area (Å²) in [5.41, 5.74) is -0.0646. The van der Waals surface area contributed by atoms with Gasteiger partial charge >= 0.3 is 13.3 Å². The average molecular weight is 323 g/mol. The van der Waals surface area contributed by atoms with Crippen molar-refractivity contribution in [1.82, 2.24) is 0 Å². The molecule has 1 aromatic rings. The zero-order chi connectivity index (χ0) is 15.9. The Bertz CT molecular complexity index is 513. The molecule has 0 N–H and O–H groups in total. The first-order valence-electron chi connectivity index (χ1n) is 7.87. The zero-order valence-electron chi connectivity index (χ0n) is 13.3. The Morgan fingerprint density at radius 2 is 1.77 bits per heavy atom.